The highest BCUT2D eigenvalue weighted by atomic mass is 15.2. The Balaban J connectivity index is 2.61. The van der Waals surface area contributed by atoms with E-state index in [2.05, 4.69) is 44.8 Å². The molecule has 0 saturated heterocycles. The van der Waals surface area contributed by atoms with Crippen LogP contribution in [0.2, 0.25) is 0 Å². The first-order valence-corrected chi connectivity index (χ1v) is 7.48. The average molecular weight is 255 g/mol. The molecule has 0 amide bonds. The van der Waals surface area contributed by atoms with E-state index in [9.17, 15) is 0 Å². The van der Waals surface area contributed by atoms with Crippen molar-refractivity contribution >= 4 is 0 Å². The van der Waals surface area contributed by atoms with Crippen LogP contribution in [0, 0.1) is 11.8 Å². The predicted octanol–water partition coefficient (Wildman–Crippen LogP) is 2.02. The van der Waals surface area contributed by atoms with Gasteiger partial charge in [-0.05, 0) is 65.3 Å². The lowest BCUT2D eigenvalue weighted by molar-refractivity contribution is 0.0129. The Kier molecular flexibility index (Phi) is 6.09. The molecule has 18 heavy (non-hydrogen) atoms. The van der Waals surface area contributed by atoms with Crippen LogP contribution in [0.1, 0.15) is 39.5 Å². The van der Waals surface area contributed by atoms with Gasteiger partial charge in [0, 0.05) is 12.1 Å². The molecule has 1 aliphatic rings. The smallest absolute Gasteiger partial charge is 0.0356 e. The highest BCUT2D eigenvalue weighted by Crippen LogP contribution is 2.39. The van der Waals surface area contributed by atoms with Crippen LogP contribution in [0.4, 0.5) is 0 Å². The monoisotopic (exact) mass is 255 g/mol. The van der Waals surface area contributed by atoms with Crippen molar-refractivity contribution in [3.05, 3.63) is 0 Å². The van der Waals surface area contributed by atoms with Crippen LogP contribution >= 0.6 is 0 Å². The van der Waals surface area contributed by atoms with E-state index in [0.29, 0.717) is 0 Å². The van der Waals surface area contributed by atoms with E-state index < -0.39 is 0 Å². The second kappa shape index (κ2) is 6.88. The standard InChI is InChI=1S/C15H33N3/c1-13-7-8-14(2)15(11-13,12-16)18(5)10-6-9-17(3)4/h13-14H,6-12,16H2,1-5H3. The third-order valence-electron chi connectivity index (χ3n) is 4.92. The molecule has 3 heteroatoms. The molecular weight excluding hydrogens is 222 g/mol. The van der Waals surface area contributed by atoms with Gasteiger partial charge in [0.05, 0.1) is 0 Å². The van der Waals surface area contributed by atoms with Gasteiger partial charge in [0.25, 0.3) is 0 Å². The van der Waals surface area contributed by atoms with Gasteiger partial charge in [0.15, 0.2) is 0 Å². The molecule has 2 N–H and O–H groups in total. The maximum atomic E-state index is 6.17. The molecule has 108 valence electrons. The molecule has 0 aliphatic heterocycles. The zero-order valence-corrected chi connectivity index (χ0v) is 13.1. The molecule has 0 aromatic carbocycles. The maximum Gasteiger partial charge on any atom is 0.0356 e. The zero-order chi connectivity index (χ0) is 13.8. The third-order valence-corrected chi connectivity index (χ3v) is 4.92. The van der Waals surface area contributed by atoms with Crippen LogP contribution in [0.5, 0.6) is 0 Å². The second-order valence-electron chi connectivity index (χ2n) is 6.67. The van der Waals surface area contributed by atoms with E-state index in [1.165, 1.54) is 25.7 Å². The SMILES string of the molecule is CC1CCC(C)C(CN)(N(C)CCCN(C)C)C1. The van der Waals surface area contributed by atoms with Gasteiger partial charge in [-0.15, -0.1) is 0 Å². The minimum Gasteiger partial charge on any atom is -0.329 e. The predicted molar refractivity (Wildman–Crippen MR) is 79.8 cm³/mol. The summed E-state index contributed by atoms with van der Waals surface area (Å²) in [6, 6.07) is 0. The summed E-state index contributed by atoms with van der Waals surface area (Å²) in [5.74, 6) is 1.55. The minimum absolute atomic E-state index is 0.240. The minimum atomic E-state index is 0.240. The third kappa shape index (κ3) is 3.69. The highest BCUT2D eigenvalue weighted by molar-refractivity contribution is 4.98. The van der Waals surface area contributed by atoms with Crippen molar-refractivity contribution in [2.75, 3.05) is 40.8 Å². The molecule has 0 spiro atoms. The molecule has 3 unspecified atom stereocenters. The Hall–Kier alpha value is -0.120. The lowest BCUT2D eigenvalue weighted by Crippen LogP contribution is -2.59. The van der Waals surface area contributed by atoms with Crippen molar-refractivity contribution < 1.29 is 0 Å². The molecule has 0 aromatic rings. The molecule has 1 fully saturated rings. The molecule has 0 radical (unpaired) electrons. The van der Waals surface area contributed by atoms with E-state index in [1.807, 2.05) is 0 Å². The van der Waals surface area contributed by atoms with Crippen LogP contribution in [0.3, 0.4) is 0 Å². The topological polar surface area (TPSA) is 32.5 Å². The molecule has 1 rings (SSSR count). The van der Waals surface area contributed by atoms with Crippen LogP contribution in [0.25, 0.3) is 0 Å². The first-order valence-electron chi connectivity index (χ1n) is 7.48. The van der Waals surface area contributed by atoms with Crippen molar-refractivity contribution in [1.82, 2.24) is 9.80 Å². The molecule has 1 aliphatic carbocycles. The van der Waals surface area contributed by atoms with Gasteiger partial charge in [-0.1, -0.05) is 20.3 Å². The van der Waals surface area contributed by atoms with Crippen molar-refractivity contribution in [3.8, 4) is 0 Å². The van der Waals surface area contributed by atoms with Gasteiger partial charge in [0.1, 0.15) is 0 Å². The van der Waals surface area contributed by atoms with E-state index >= 15 is 0 Å². The van der Waals surface area contributed by atoms with Crippen LogP contribution in [-0.4, -0.2) is 56.1 Å². The van der Waals surface area contributed by atoms with E-state index in [-0.39, 0.29) is 5.54 Å². The largest absolute Gasteiger partial charge is 0.329 e. The van der Waals surface area contributed by atoms with Crippen molar-refractivity contribution in [3.63, 3.8) is 0 Å². The molecule has 3 atom stereocenters. The number of hydrogen-bond acceptors (Lipinski definition) is 3. The van der Waals surface area contributed by atoms with E-state index in [0.717, 1.165) is 31.5 Å². The normalized spacial score (nSPS) is 33.3. The van der Waals surface area contributed by atoms with Crippen LogP contribution in [0.15, 0.2) is 0 Å². The number of likely N-dealkylation sites (N-methyl/N-ethyl adjacent to an activating group) is 1. The molecule has 1 saturated carbocycles. The van der Waals surface area contributed by atoms with Crippen molar-refractivity contribution in [2.24, 2.45) is 17.6 Å². The number of nitrogens with zero attached hydrogens (tertiary/aromatic N) is 2. The summed E-state index contributed by atoms with van der Waals surface area (Å²) in [5, 5.41) is 0. The van der Waals surface area contributed by atoms with Gasteiger partial charge in [-0.2, -0.15) is 0 Å². The van der Waals surface area contributed by atoms with Gasteiger partial charge in [-0.3, -0.25) is 4.90 Å². The molecule has 3 nitrogen and oxygen atoms in total. The summed E-state index contributed by atoms with van der Waals surface area (Å²) in [4.78, 5) is 4.81. The quantitative estimate of drug-likeness (QED) is 0.788. The summed E-state index contributed by atoms with van der Waals surface area (Å²) in [7, 11) is 6.56. The average Bonchev–Trinajstić information content (AvgIpc) is 2.31. The molecule has 0 heterocycles. The summed E-state index contributed by atoms with van der Waals surface area (Å²) in [5.41, 5.74) is 6.41. The Morgan fingerprint density at radius 2 is 1.78 bits per heavy atom. The highest BCUT2D eigenvalue weighted by Gasteiger charge is 2.42. The fourth-order valence-corrected chi connectivity index (χ4v) is 3.53. The summed E-state index contributed by atoms with van der Waals surface area (Å²) in [6.45, 7) is 7.89. The Morgan fingerprint density at radius 1 is 1.11 bits per heavy atom. The lowest BCUT2D eigenvalue weighted by Gasteiger charge is -2.50. The first kappa shape index (κ1) is 15.9. The van der Waals surface area contributed by atoms with Crippen LogP contribution in [-0.2, 0) is 0 Å². The van der Waals surface area contributed by atoms with E-state index in [4.69, 9.17) is 5.73 Å². The van der Waals surface area contributed by atoms with E-state index in [1.54, 1.807) is 0 Å². The van der Waals surface area contributed by atoms with Crippen LogP contribution < -0.4 is 5.73 Å². The molecule has 0 aromatic heterocycles. The lowest BCUT2D eigenvalue weighted by atomic mass is 9.68. The molecular formula is C15H33N3. The number of rotatable bonds is 6. The first-order chi connectivity index (χ1) is 8.42. The Labute approximate surface area is 114 Å². The summed E-state index contributed by atoms with van der Waals surface area (Å²) >= 11 is 0. The second-order valence-corrected chi connectivity index (χ2v) is 6.67. The fourth-order valence-electron chi connectivity index (χ4n) is 3.53. The van der Waals surface area contributed by atoms with Gasteiger partial charge < -0.3 is 10.6 Å². The van der Waals surface area contributed by atoms with Gasteiger partial charge in [-0.25, -0.2) is 0 Å². The number of hydrogen-bond donors (Lipinski definition) is 1. The zero-order valence-electron chi connectivity index (χ0n) is 13.1. The van der Waals surface area contributed by atoms with Gasteiger partial charge in [0.2, 0.25) is 0 Å². The Bertz CT molecular complexity index is 242. The number of nitrogens with two attached hydrogens (primary N) is 1. The molecule has 0 bridgehead atoms. The maximum absolute atomic E-state index is 6.17. The fraction of sp³-hybridized carbons (Fsp3) is 1.00. The summed E-state index contributed by atoms with van der Waals surface area (Å²) < 4.78 is 0. The Morgan fingerprint density at radius 3 is 2.33 bits per heavy atom. The van der Waals surface area contributed by atoms with Crippen molar-refractivity contribution in [1.29, 1.82) is 0 Å². The van der Waals surface area contributed by atoms with Crippen molar-refractivity contribution in [2.45, 2.75) is 45.1 Å². The van der Waals surface area contributed by atoms with Gasteiger partial charge >= 0.3 is 0 Å². The summed E-state index contributed by atoms with van der Waals surface area (Å²) in [6.07, 6.45) is 5.19.